The summed E-state index contributed by atoms with van der Waals surface area (Å²) in [6.07, 6.45) is 6.09. The van der Waals surface area contributed by atoms with Crippen molar-refractivity contribution in [3.05, 3.63) is 53.6 Å². The van der Waals surface area contributed by atoms with Gasteiger partial charge < -0.3 is 9.88 Å². The van der Waals surface area contributed by atoms with Gasteiger partial charge in [-0.1, -0.05) is 31.2 Å². The number of imidazole rings is 1. The lowest BCUT2D eigenvalue weighted by molar-refractivity contribution is 0.521. The fourth-order valence-corrected chi connectivity index (χ4v) is 2.46. The predicted octanol–water partition coefficient (Wildman–Crippen LogP) is 3.32. The summed E-state index contributed by atoms with van der Waals surface area (Å²) in [5.74, 6) is 0. The van der Waals surface area contributed by atoms with Gasteiger partial charge in [0.2, 0.25) is 0 Å². The van der Waals surface area contributed by atoms with Gasteiger partial charge in [-0.15, -0.1) is 0 Å². The Balaban J connectivity index is 1.87. The second kappa shape index (κ2) is 7.25. The average molecular weight is 271 g/mol. The van der Waals surface area contributed by atoms with Gasteiger partial charge in [-0.2, -0.15) is 0 Å². The Labute approximate surface area is 122 Å². The smallest absolute Gasteiger partial charge is 0.0948 e. The van der Waals surface area contributed by atoms with Crippen molar-refractivity contribution in [3.8, 4) is 0 Å². The van der Waals surface area contributed by atoms with Crippen LogP contribution < -0.4 is 5.32 Å². The summed E-state index contributed by atoms with van der Waals surface area (Å²) < 4.78 is 2.23. The van der Waals surface area contributed by atoms with Gasteiger partial charge in [0.25, 0.3) is 0 Å². The van der Waals surface area contributed by atoms with Gasteiger partial charge >= 0.3 is 0 Å². The molecule has 0 amide bonds. The molecule has 20 heavy (non-hydrogen) atoms. The van der Waals surface area contributed by atoms with Crippen LogP contribution in [0.4, 0.5) is 0 Å². The number of hydrogen-bond donors (Lipinski definition) is 1. The highest BCUT2D eigenvalue weighted by Gasteiger charge is 2.07. The third-order valence-corrected chi connectivity index (χ3v) is 3.68. The van der Waals surface area contributed by atoms with E-state index in [1.54, 1.807) is 0 Å². The molecule has 2 aromatic rings. The van der Waals surface area contributed by atoms with Crippen LogP contribution in [0.2, 0.25) is 0 Å². The number of hydrogen-bond acceptors (Lipinski definition) is 2. The van der Waals surface area contributed by atoms with Gasteiger partial charge in [-0.3, -0.25) is 0 Å². The van der Waals surface area contributed by atoms with E-state index in [0.717, 1.165) is 25.9 Å². The number of rotatable bonds is 7. The van der Waals surface area contributed by atoms with Gasteiger partial charge in [0.05, 0.1) is 12.0 Å². The average Bonchev–Trinajstić information content (AvgIpc) is 2.87. The lowest BCUT2D eigenvalue weighted by Gasteiger charge is -2.16. The van der Waals surface area contributed by atoms with E-state index >= 15 is 0 Å². The van der Waals surface area contributed by atoms with E-state index in [9.17, 15) is 0 Å². The van der Waals surface area contributed by atoms with E-state index in [1.165, 1.54) is 16.8 Å². The maximum absolute atomic E-state index is 4.24. The Morgan fingerprint density at radius 1 is 1.30 bits per heavy atom. The molecule has 0 fully saturated rings. The predicted molar refractivity (Wildman–Crippen MR) is 83.7 cm³/mol. The van der Waals surface area contributed by atoms with Crippen LogP contribution in [0.15, 0.2) is 36.8 Å². The zero-order valence-electron chi connectivity index (χ0n) is 12.8. The van der Waals surface area contributed by atoms with Crippen LogP contribution in [0, 0.1) is 6.92 Å². The van der Waals surface area contributed by atoms with Crippen LogP contribution in [-0.4, -0.2) is 15.6 Å². The van der Waals surface area contributed by atoms with E-state index < -0.39 is 0 Å². The zero-order valence-corrected chi connectivity index (χ0v) is 12.8. The first-order valence-corrected chi connectivity index (χ1v) is 7.47. The van der Waals surface area contributed by atoms with Gasteiger partial charge in [0.1, 0.15) is 0 Å². The number of nitrogens with zero attached hydrogens (tertiary/aromatic N) is 2. The van der Waals surface area contributed by atoms with Crippen LogP contribution >= 0.6 is 0 Å². The molecule has 1 unspecified atom stereocenters. The largest absolute Gasteiger partial charge is 0.333 e. The first-order valence-electron chi connectivity index (χ1n) is 7.47. The van der Waals surface area contributed by atoms with Crippen LogP contribution in [0.5, 0.6) is 0 Å². The molecule has 1 aromatic carbocycles. The molecular formula is C17H25N3. The van der Waals surface area contributed by atoms with Gasteiger partial charge in [-0.05, 0) is 37.8 Å². The lowest BCUT2D eigenvalue weighted by Crippen LogP contribution is -2.28. The SMILES string of the molecule is CCCn1cncc1CNC(C)Cc1ccccc1C. The topological polar surface area (TPSA) is 29.9 Å². The highest BCUT2D eigenvalue weighted by atomic mass is 15.1. The minimum atomic E-state index is 0.459. The molecule has 0 aliphatic rings. The van der Waals surface area contributed by atoms with Crippen molar-refractivity contribution in [3.63, 3.8) is 0 Å². The Morgan fingerprint density at radius 2 is 2.10 bits per heavy atom. The Kier molecular flexibility index (Phi) is 5.36. The zero-order chi connectivity index (χ0) is 14.4. The first kappa shape index (κ1) is 14.8. The third kappa shape index (κ3) is 3.94. The minimum absolute atomic E-state index is 0.459. The highest BCUT2D eigenvalue weighted by Crippen LogP contribution is 2.10. The van der Waals surface area contributed by atoms with Crippen molar-refractivity contribution in [1.82, 2.24) is 14.9 Å². The van der Waals surface area contributed by atoms with Crippen LogP contribution in [0.25, 0.3) is 0 Å². The van der Waals surface area contributed by atoms with E-state index in [0.29, 0.717) is 6.04 Å². The van der Waals surface area contributed by atoms with E-state index in [1.807, 2.05) is 12.5 Å². The number of aromatic nitrogens is 2. The normalized spacial score (nSPS) is 12.6. The van der Waals surface area contributed by atoms with Gasteiger partial charge in [0, 0.05) is 25.3 Å². The molecular weight excluding hydrogens is 246 g/mol. The van der Waals surface area contributed by atoms with Gasteiger partial charge in [-0.25, -0.2) is 4.98 Å². The molecule has 108 valence electrons. The molecule has 1 atom stereocenters. The molecule has 0 spiro atoms. The molecule has 2 rings (SSSR count). The third-order valence-electron chi connectivity index (χ3n) is 3.68. The monoisotopic (exact) mass is 271 g/mol. The summed E-state index contributed by atoms with van der Waals surface area (Å²) in [5.41, 5.74) is 4.07. The summed E-state index contributed by atoms with van der Waals surface area (Å²) in [7, 11) is 0. The second-order valence-electron chi connectivity index (χ2n) is 5.49. The van der Waals surface area contributed by atoms with Crippen molar-refractivity contribution in [2.75, 3.05) is 0 Å². The van der Waals surface area contributed by atoms with Crippen molar-refractivity contribution in [2.24, 2.45) is 0 Å². The fourth-order valence-electron chi connectivity index (χ4n) is 2.46. The molecule has 0 saturated heterocycles. The van der Waals surface area contributed by atoms with Crippen molar-refractivity contribution in [2.45, 2.75) is 52.7 Å². The maximum Gasteiger partial charge on any atom is 0.0948 e. The molecule has 1 aromatic heterocycles. The summed E-state index contributed by atoms with van der Waals surface area (Å²) in [4.78, 5) is 4.24. The number of aryl methyl sites for hydroxylation is 2. The van der Waals surface area contributed by atoms with Crippen molar-refractivity contribution in [1.29, 1.82) is 0 Å². The van der Waals surface area contributed by atoms with Crippen LogP contribution in [0.3, 0.4) is 0 Å². The summed E-state index contributed by atoms with van der Waals surface area (Å²) >= 11 is 0. The lowest BCUT2D eigenvalue weighted by atomic mass is 10.0. The molecule has 3 nitrogen and oxygen atoms in total. The second-order valence-corrected chi connectivity index (χ2v) is 5.49. The number of benzene rings is 1. The highest BCUT2D eigenvalue weighted by molar-refractivity contribution is 5.26. The van der Waals surface area contributed by atoms with Crippen LogP contribution in [-0.2, 0) is 19.5 Å². The molecule has 0 saturated carbocycles. The standard InChI is InChI=1S/C17H25N3/c1-4-9-20-13-18-11-17(20)12-19-15(3)10-16-8-6-5-7-14(16)2/h5-8,11,13,15,19H,4,9-10,12H2,1-3H3. The summed E-state index contributed by atoms with van der Waals surface area (Å²) in [6.45, 7) is 8.54. The van der Waals surface area contributed by atoms with E-state index in [-0.39, 0.29) is 0 Å². The number of nitrogens with one attached hydrogen (secondary N) is 1. The molecule has 0 aliphatic carbocycles. The van der Waals surface area contributed by atoms with Crippen LogP contribution in [0.1, 0.15) is 37.1 Å². The summed E-state index contributed by atoms with van der Waals surface area (Å²) in [5, 5.41) is 3.60. The molecule has 0 radical (unpaired) electrons. The molecule has 1 N–H and O–H groups in total. The molecule has 0 bridgehead atoms. The van der Waals surface area contributed by atoms with E-state index in [4.69, 9.17) is 0 Å². The van der Waals surface area contributed by atoms with E-state index in [2.05, 4.69) is 59.9 Å². The minimum Gasteiger partial charge on any atom is -0.333 e. The molecule has 3 heteroatoms. The Bertz CT molecular complexity index is 531. The Hall–Kier alpha value is -1.61. The Morgan fingerprint density at radius 3 is 2.85 bits per heavy atom. The fraction of sp³-hybridized carbons (Fsp3) is 0.471. The first-order chi connectivity index (χ1) is 9.70. The molecule has 0 aliphatic heterocycles. The van der Waals surface area contributed by atoms with Gasteiger partial charge in [0.15, 0.2) is 0 Å². The quantitative estimate of drug-likeness (QED) is 0.837. The maximum atomic E-state index is 4.24. The van der Waals surface area contributed by atoms with Crippen molar-refractivity contribution >= 4 is 0 Å². The van der Waals surface area contributed by atoms with Crippen molar-refractivity contribution < 1.29 is 0 Å². The summed E-state index contributed by atoms with van der Waals surface area (Å²) in [6, 6.07) is 9.07. The molecule has 1 heterocycles.